The van der Waals surface area contributed by atoms with Crippen LogP contribution in [-0.2, 0) is 9.53 Å². The van der Waals surface area contributed by atoms with E-state index in [1.165, 1.54) is 0 Å². The van der Waals surface area contributed by atoms with Gasteiger partial charge in [-0.25, -0.2) is 0 Å². The van der Waals surface area contributed by atoms with Gasteiger partial charge in [0.15, 0.2) is 0 Å². The molecule has 1 unspecified atom stereocenters. The summed E-state index contributed by atoms with van der Waals surface area (Å²) in [4.78, 5) is 11.8. The lowest BCUT2D eigenvalue weighted by Crippen LogP contribution is -2.19. The molecule has 2 N–H and O–H groups in total. The summed E-state index contributed by atoms with van der Waals surface area (Å²) in [7, 11) is 0. The van der Waals surface area contributed by atoms with Crippen LogP contribution in [0.25, 0.3) is 11.1 Å². The highest BCUT2D eigenvalue weighted by molar-refractivity contribution is 5.79. The molecule has 3 rings (SSSR count). The monoisotopic (exact) mass is 283 g/mol. The summed E-state index contributed by atoms with van der Waals surface area (Å²) >= 11 is 0. The fraction of sp³-hybridized carbons (Fsp3) is 0.235. The van der Waals surface area contributed by atoms with E-state index in [0.717, 1.165) is 22.4 Å². The van der Waals surface area contributed by atoms with Crippen LogP contribution < -0.4 is 10.5 Å². The fourth-order valence-electron chi connectivity index (χ4n) is 2.62. The molecule has 0 aliphatic carbocycles. The molecule has 0 bridgehead atoms. The lowest BCUT2D eigenvalue weighted by atomic mass is 9.91. The first-order chi connectivity index (χ1) is 10.2. The molecule has 1 aliphatic heterocycles. The van der Waals surface area contributed by atoms with Crippen LogP contribution in [0.4, 0.5) is 5.69 Å². The molecular weight excluding hydrogens is 266 g/mol. The minimum Gasteiger partial charge on any atom is -0.484 e. The number of fused-ring (bicyclic) bond motifs is 3. The van der Waals surface area contributed by atoms with E-state index in [-0.39, 0.29) is 18.5 Å². The number of carbonyl (C=O) groups excluding carboxylic acids is 1. The fourth-order valence-corrected chi connectivity index (χ4v) is 2.62. The Morgan fingerprint density at radius 3 is 2.86 bits per heavy atom. The van der Waals surface area contributed by atoms with E-state index in [1.54, 1.807) is 6.92 Å². The summed E-state index contributed by atoms with van der Waals surface area (Å²) in [6, 6.07) is 13.5. The van der Waals surface area contributed by atoms with E-state index in [1.807, 2.05) is 42.5 Å². The predicted octanol–water partition coefficient (Wildman–Crippen LogP) is 3.32. The van der Waals surface area contributed by atoms with Crippen molar-refractivity contribution >= 4 is 11.7 Å². The van der Waals surface area contributed by atoms with E-state index >= 15 is 0 Å². The van der Waals surface area contributed by atoms with Crippen molar-refractivity contribution in [1.29, 1.82) is 0 Å². The number of nitrogens with two attached hydrogens (primary N) is 1. The molecule has 2 aromatic rings. The molecule has 2 aromatic carbocycles. The standard InChI is InChI=1S/C17H17NO3/c1-2-20-17(19)10-16-14-9-11(18)7-8-12(14)13-5-3-4-6-15(13)21-16/h3-9,16H,2,10,18H2,1H3. The van der Waals surface area contributed by atoms with Crippen LogP contribution in [-0.4, -0.2) is 12.6 Å². The zero-order valence-electron chi connectivity index (χ0n) is 11.8. The van der Waals surface area contributed by atoms with Crippen molar-refractivity contribution in [1.82, 2.24) is 0 Å². The number of para-hydroxylation sites is 1. The Labute approximate surface area is 123 Å². The zero-order valence-corrected chi connectivity index (χ0v) is 11.8. The van der Waals surface area contributed by atoms with Crippen LogP contribution in [0.2, 0.25) is 0 Å². The molecule has 0 radical (unpaired) electrons. The van der Waals surface area contributed by atoms with Crippen molar-refractivity contribution in [2.45, 2.75) is 19.4 Å². The van der Waals surface area contributed by atoms with E-state index < -0.39 is 0 Å². The smallest absolute Gasteiger partial charge is 0.309 e. The van der Waals surface area contributed by atoms with Crippen molar-refractivity contribution < 1.29 is 14.3 Å². The summed E-state index contributed by atoms with van der Waals surface area (Å²) in [5.41, 5.74) is 9.55. The van der Waals surface area contributed by atoms with Crippen molar-refractivity contribution in [3.63, 3.8) is 0 Å². The first-order valence-electron chi connectivity index (χ1n) is 7.00. The molecule has 0 saturated heterocycles. The average molecular weight is 283 g/mol. The normalized spacial score (nSPS) is 15.6. The molecule has 0 fully saturated rings. The number of rotatable bonds is 3. The Balaban J connectivity index is 2.02. The number of hydrogen-bond donors (Lipinski definition) is 1. The molecule has 0 spiro atoms. The third kappa shape index (κ3) is 2.57. The van der Waals surface area contributed by atoms with Gasteiger partial charge in [-0.15, -0.1) is 0 Å². The van der Waals surface area contributed by atoms with Gasteiger partial charge in [-0.1, -0.05) is 24.3 Å². The largest absolute Gasteiger partial charge is 0.484 e. The summed E-state index contributed by atoms with van der Waals surface area (Å²) in [5.74, 6) is 0.513. The molecule has 1 aliphatic rings. The Hall–Kier alpha value is -2.49. The van der Waals surface area contributed by atoms with Crippen molar-refractivity contribution in [2.75, 3.05) is 12.3 Å². The zero-order chi connectivity index (χ0) is 14.8. The molecule has 1 atom stereocenters. The number of hydrogen-bond acceptors (Lipinski definition) is 4. The second-order valence-electron chi connectivity index (χ2n) is 4.96. The van der Waals surface area contributed by atoms with Gasteiger partial charge in [0.05, 0.1) is 13.0 Å². The summed E-state index contributed by atoms with van der Waals surface area (Å²) < 4.78 is 11.0. The molecule has 4 nitrogen and oxygen atoms in total. The second kappa shape index (κ2) is 5.48. The van der Waals surface area contributed by atoms with Crippen LogP contribution in [0.1, 0.15) is 25.0 Å². The molecular formula is C17H17NO3. The third-order valence-corrected chi connectivity index (χ3v) is 3.53. The predicted molar refractivity (Wildman–Crippen MR) is 80.9 cm³/mol. The van der Waals surface area contributed by atoms with Gasteiger partial charge in [0.2, 0.25) is 0 Å². The Kier molecular flexibility index (Phi) is 3.52. The van der Waals surface area contributed by atoms with Gasteiger partial charge in [-0.2, -0.15) is 0 Å². The van der Waals surface area contributed by atoms with Crippen molar-refractivity contribution in [2.24, 2.45) is 0 Å². The molecule has 4 heteroatoms. The molecule has 0 aromatic heterocycles. The van der Waals surface area contributed by atoms with Crippen molar-refractivity contribution in [3.05, 3.63) is 48.0 Å². The average Bonchev–Trinajstić information content (AvgIpc) is 2.47. The number of benzene rings is 2. The summed E-state index contributed by atoms with van der Waals surface area (Å²) in [5, 5.41) is 0. The number of ether oxygens (including phenoxy) is 2. The lowest BCUT2D eigenvalue weighted by Gasteiger charge is -2.28. The lowest BCUT2D eigenvalue weighted by molar-refractivity contribution is -0.145. The molecule has 1 heterocycles. The molecule has 0 saturated carbocycles. The molecule has 0 amide bonds. The van der Waals surface area contributed by atoms with Gasteiger partial charge in [0.25, 0.3) is 0 Å². The van der Waals surface area contributed by atoms with Gasteiger partial charge >= 0.3 is 5.97 Å². The number of carbonyl (C=O) groups is 1. The van der Waals surface area contributed by atoms with E-state index in [4.69, 9.17) is 15.2 Å². The number of anilines is 1. The van der Waals surface area contributed by atoms with Gasteiger partial charge in [0, 0.05) is 16.8 Å². The maximum atomic E-state index is 11.8. The minimum absolute atomic E-state index is 0.179. The third-order valence-electron chi connectivity index (χ3n) is 3.53. The highest BCUT2D eigenvalue weighted by Crippen LogP contribution is 2.43. The SMILES string of the molecule is CCOC(=O)CC1Oc2ccccc2-c2ccc(N)cc21. The quantitative estimate of drug-likeness (QED) is 0.693. The van der Waals surface area contributed by atoms with E-state index in [0.29, 0.717) is 12.3 Å². The van der Waals surface area contributed by atoms with Crippen LogP contribution in [0.3, 0.4) is 0 Å². The Morgan fingerprint density at radius 2 is 2.05 bits per heavy atom. The van der Waals surface area contributed by atoms with Gasteiger partial charge in [-0.05, 0) is 30.7 Å². The minimum atomic E-state index is -0.363. The van der Waals surface area contributed by atoms with E-state index in [9.17, 15) is 4.79 Å². The first kappa shape index (κ1) is 13.5. The summed E-state index contributed by atoms with van der Waals surface area (Å²) in [6.45, 7) is 2.16. The van der Waals surface area contributed by atoms with Gasteiger partial charge in [-0.3, -0.25) is 4.79 Å². The summed E-state index contributed by atoms with van der Waals surface area (Å²) in [6.07, 6.45) is -0.184. The van der Waals surface area contributed by atoms with Crippen LogP contribution in [0.15, 0.2) is 42.5 Å². The number of nitrogen functional groups attached to an aromatic ring is 1. The Bertz CT molecular complexity index is 681. The van der Waals surface area contributed by atoms with Crippen LogP contribution in [0, 0.1) is 0 Å². The highest BCUT2D eigenvalue weighted by atomic mass is 16.5. The Morgan fingerprint density at radius 1 is 1.24 bits per heavy atom. The second-order valence-corrected chi connectivity index (χ2v) is 4.96. The van der Waals surface area contributed by atoms with Crippen molar-refractivity contribution in [3.8, 4) is 16.9 Å². The van der Waals surface area contributed by atoms with Gasteiger partial charge in [0.1, 0.15) is 11.9 Å². The topological polar surface area (TPSA) is 61.5 Å². The highest BCUT2D eigenvalue weighted by Gasteiger charge is 2.28. The van der Waals surface area contributed by atoms with E-state index in [2.05, 4.69) is 0 Å². The van der Waals surface area contributed by atoms with Gasteiger partial charge < -0.3 is 15.2 Å². The molecule has 21 heavy (non-hydrogen) atoms. The maximum absolute atomic E-state index is 11.8. The maximum Gasteiger partial charge on any atom is 0.309 e. The number of esters is 1. The van der Waals surface area contributed by atoms with Crippen LogP contribution >= 0.6 is 0 Å². The molecule has 108 valence electrons. The first-order valence-corrected chi connectivity index (χ1v) is 7.00. The van der Waals surface area contributed by atoms with Crippen LogP contribution in [0.5, 0.6) is 5.75 Å².